The second kappa shape index (κ2) is 10.1. The van der Waals surface area contributed by atoms with Gasteiger partial charge in [-0.05, 0) is 54.8 Å². The normalized spacial score (nSPS) is 20.4. The van der Waals surface area contributed by atoms with E-state index in [0.29, 0.717) is 18.7 Å². The number of hydrogen-bond donors (Lipinski definition) is 1. The maximum absolute atomic E-state index is 13.3. The van der Waals surface area contributed by atoms with Gasteiger partial charge >= 0.3 is 0 Å². The van der Waals surface area contributed by atoms with Crippen LogP contribution >= 0.6 is 0 Å². The summed E-state index contributed by atoms with van der Waals surface area (Å²) in [5.74, 6) is 0.217. The summed E-state index contributed by atoms with van der Waals surface area (Å²) in [4.78, 5) is 41.7. The fraction of sp³-hybridized carbons (Fsp3) is 0.423. The molecule has 2 aromatic carbocycles. The first-order valence-electron chi connectivity index (χ1n) is 11.7. The van der Waals surface area contributed by atoms with Gasteiger partial charge in [0.1, 0.15) is 5.75 Å². The molecule has 2 saturated heterocycles. The lowest BCUT2D eigenvalue weighted by molar-refractivity contribution is -0.129. The highest BCUT2D eigenvalue weighted by molar-refractivity contribution is 5.99. The maximum atomic E-state index is 13.3. The Hall–Kier alpha value is -3.35. The van der Waals surface area contributed by atoms with Crippen molar-refractivity contribution in [3.8, 4) is 5.75 Å². The summed E-state index contributed by atoms with van der Waals surface area (Å²) in [6.45, 7) is 3.45. The number of hydrogen-bond acceptors (Lipinski definition) is 4. The van der Waals surface area contributed by atoms with Crippen molar-refractivity contribution in [2.45, 2.75) is 45.1 Å². The summed E-state index contributed by atoms with van der Waals surface area (Å²) in [5, 5.41) is 2.99. The van der Waals surface area contributed by atoms with Crippen LogP contribution < -0.4 is 15.0 Å². The number of rotatable bonds is 8. The number of ether oxygens (including phenoxy) is 1. The van der Waals surface area contributed by atoms with Gasteiger partial charge in [-0.1, -0.05) is 25.5 Å². The molecule has 2 atom stereocenters. The van der Waals surface area contributed by atoms with Gasteiger partial charge in [0.2, 0.25) is 17.7 Å². The highest BCUT2D eigenvalue weighted by Crippen LogP contribution is 2.39. The van der Waals surface area contributed by atoms with Crippen LogP contribution in [-0.2, 0) is 14.4 Å². The van der Waals surface area contributed by atoms with Gasteiger partial charge in [0.15, 0.2) is 0 Å². The van der Waals surface area contributed by atoms with E-state index in [1.807, 2.05) is 53.4 Å². The van der Waals surface area contributed by atoms with Gasteiger partial charge in [-0.2, -0.15) is 0 Å². The van der Waals surface area contributed by atoms with Crippen molar-refractivity contribution in [1.29, 1.82) is 0 Å². The summed E-state index contributed by atoms with van der Waals surface area (Å²) in [6, 6.07) is 14.6. The zero-order valence-corrected chi connectivity index (χ0v) is 19.3. The number of anilines is 2. The predicted molar refractivity (Wildman–Crippen MR) is 127 cm³/mol. The predicted octanol–water partition coefficient (Wildman–Crippen LogP) is 4.15. The molecule has 7 nitrogen and oxygen atoms in total. The van der Waals surface area contributed by atoms with E-state index < -0.39 is 5.92 Å². The average molecular weight is 450 g/mol. The van der Waals surface area contributed by atoms with Crippen LogP contribution in [0, 0.1) is 5.92 Å². The Labute approximate surface area is 194 Å². The van der Waals surface area contributed by atoms with Crippen LogP contribution in [0.25, 0.3) is 0 Å². The van der Waals surface area contributed by atoms with Gasteiger partial charge in [0.25, 0.3) is 0 Å². The molecule has 3 amide bonds. The molecule has 2 heterocycles. The minimum atomic E-state index is -0.484. The molecular formula is C26H31N3O4. The number of likely N-dealkylation sites (tertiary alicyclic amines) is 1. The van der Waals surface area contributed by atoms with Crippen LogP contribution in [-0.4, -0.2) is 42.8 Å². The van der Waals surface area contributed by atoms with Gasteiger partial charge in [0.05, 0.1) is 19.1 Å². The summed E-state index contributed by atoms with van der Waals surface area (Å²) >= 11 is 0. The lowest BCUT2D eigenvalue weighted by Crippen LogP contribution is -2.33. The Morgan fingerprint density at radius 1 is 1.06 bits per heavy atom. The summed E-state index contributed by atoms with van der Waals surface area (Å²) in [7, 11) is 1.61. The monoisotopic (exact) mass is 449 g/mol. The van der Waals surface area contributed by atoms with Crippen molar-refractivity contribution in [3.63, 3.8) is 0 Å². The number of carbonyl (C=O) groups is 3. The van der Waals surface area contributed by atoms with Crippen LogP contribution in [0.2, 0.25) is 0 Å². The van der Waals surface area contributed by atoms with Crippen molar-refractivity contribution in [1.82, 2.24) is 4.90 Å². The van der Waals surface area contributed by atoms with E-state index in [1.165, 1.54) is 0 Å². The van der Waals surface area contributed by atoms with E-state index in [9.17, 15) is 14.4 Å². The van der Waals surface area contributed by atoms with Crippen molar-refractivity contribution in [2.24, 2.45) is 5.92 Å². The highest BCUT2D eigenvalue weighted by atomic mass is 16.5. The molecule has 4 rings (SSSR count). The Morgan fingerprint density at radius 2 is 1.79 bits per heavy atom. The Kier molecular flexibility index (Phi) is 6.96. The lowest BCUT2D eigenvalue weighted by atomic mass is 9.92. The maximum Gasteiger partial charge on any atom is 0.230 e. The second-order valence-electron chi connectivity index (χ2n) is 8.65. The topological polar surface area (TPSA) is 79.0 Å². The van der Waals surface area contributed by atoms with Crippen LogP contribution in [0.1, 0.15) is 50.6 Å². The summed E-state index contributed by atoms with van der Waals surface area (Å²) < 4.78 is 5.27. The molecule has 0 saturated carbocycles. The molecule has 2 aliphatic rings. The zero-order valence-electron chi connectivity index (χ0n) is 19.3. The summed E-state index contributed by atoms with van der Waals surface area (Å²) in [5.41, 5.74) is 2.43. The third-order valence-electron chi connectivity index (χ3n) is 6.50. The van der Waals surface area contributed by atoms with E-state index in [0.717, 1.165) is 42.8 Å². The molecule has 7 heteroatoms. The van der Waals surface area contributed by atoms with Gasteiger partial charge in [-0.25, -0.2) is 0 Å². The van der Waals surface area contributed by atoms with E-state index in [4.69, 9.17) is 4.74 Å². The first-order chi connectivity index (χ1) is 16.0. The zero-order chi connectivity index (χ0) is 23.4. The largest absolute Gasteiger partial charge is 0.497 e. The Bertz CT molecular complexity index is 1000. The molecule has 0 aromatic heterocycles. The van der Waals surface area contributed by atoms with Gasteiger partial charge in [-0.15, -0.1) is 0 Å². The highest BCUT2D eigenvalue weighted by Gasteiger charge is 2.44. The van der Waals surface area contributed by atoms with Crippen molar-refractivity contribution >= 4 is 29.1 Å². The molecule has 0 spiro atoms. The number of unbranched alkanes of at least 4 members (excludes halogenated alkanes) is 1. The van der Waals surface area contributed by atoms with Gasteiger partial charge < -0.3 is 19.9 Å². The lowest BCUT2D eigenvalue weighted by Gasteiger charge is -2.28. The molecule has 2 unspecified atom stereocenters. The summed E-state index contributed by atoms with van der Waals surface area (Å²) in [6.07, 6.45) is 3.50. The van der Waals surface area contributed by atoms with Gasteiger partial charge in [-0.3, -0.25) is 14.4 Å². The molecule has 0 bridgehead atoms. The second-order valence-corrected chi connectivity index (χ2v) is 8.65. The van der Waals surface area contributed by atoms with Crippen molar-refractivity contribution in [2.75, 3.05) is 30.4 Å². The number of amides is 3. The standard InChI is InChI=1S/C26H31N3O4/c1-3-4-15-29-24(31)17-22(25(29)18-7-13-21(33-2)14-8-18)26(32)27-19-9-11-20(12-10-19)28-16-5-6-23(28)30/h7-14,22,25H,3-6,15-17H2,1-2H3,(H,27,32). The molecule has 2 aromatic rings. The number of methoxy groups -OCH3 is 1. The van der Waals surface area contributed by atoms with E-state index >= 15 is 0 Å². The Balaban J connectivity index is 1.52. The van der Waals surface area contributed by atoms with E-state index in [1.54, 1.807) is 12.0 Å². The minimum absolute atomic E-state index is 0.00677. The smallest absolute Gasteiger partial charge is 0.230 e. The molecular weight excluding hydrogens is 418 g/mol. The molecule has 0 radical (unpaired) electrons. The number of benzene rings is 2. The van der Waals surface area contributed by atoms with E-state index in [-0.39, 0.29) is 30.2 Å². The average Bonchev–Trinajstić information content (AvgIpc) is 3.41. The van der Waals surface area contributed by atoms with Crippen LogP contribution in [0.3, 0.4) is 0 Å². The fourth-order valence-corrected chi connectivity index (χ4v) is 4.71. The first-order valence-corrected chi connectivity index (χ1v) is 11.7. The number of nitrogens with zero attached hydrogens (tertiary/aromatic N) is 2. The van der Waals surface area contributed by atoms with Crippen LogP contribution in [0.4, 0.5) is 11.4 Å². The fourth-order valence-electron chi connectivity index (χ4n) is 4.71. The third kappa shape index (κ3) is 4.87. The molecule has 2 aliphatic heterocycles. The third-order valence-corrected chi connectivity index (χ3v) is 6.50. The SMILES string of the molecule is CCCCN1C(=O)CC(C(=O)Nc2ccc(N3CCCC3=O)cc2)C1c1ccc(OC)cc1. The number of carbonyl (C=O) groups excluding carboxylic acids is 3. The quantitative estimate of drug-likeness (QED) is 0.657. The van der Waals surface area contributed by atoms with E-state index in [2.05, 4.69) is 12.2 Å². The van der Waals surface area contributed by atoms with Crippen molar-refractivity contribution in [3.05, 3.63) is 54.1 Å². The molecule has 0 aliphatic carbocycles. The van der Waals surface area contributed by atoms with Crippen molar-refractivity contribution < 1.29 is 19.1 Å². The molecule has 33 heavy (non-hydrogen) atoms. The van der Waals surface area contributed by atoms with Crippen LogP contribution in [0.15, 0.2) is 48.5 Å². The Morgan fingerprint density at radius 3 is 2.39 bits per heavy atom. The minimum Gasteiger partial charge on any atom is -0.497 e. The van der Waals surface area contributed by atoms with Gasteiger partial charge in [0, 0.05) is 37.3 Å². The number of nitrogens with one attached hydrogen (secondary N) is 1. The van der Waals surface area contributed by atoms with Crippen LogP contribution in [0.5, 0.6) is 5.75 Å². The first kappa shape index (κ1) is 22.8. The molecule has 1 N–H and O–H groups in total. The molecule has 174 valence electrons. The molecule has 2 fully saturated rings.